The molecule has 170 valence electrons. The summed E-state index contributed by atoms with van der Waals surface area (Å²) in [6.45, 7) is 1.76. The first kappa shape index (κ1) is 23.9. The number of ether oxygens (including phenoxy) is 1. The van der Waals surface area contributed by atoms with Crippen molar-refractivity contribution in [2.24, 2.45) is 4.99 Å². The van der Waals surface area contributed by atoms with Crippen LogP contribution in [0.2, 0.25) is 0 Å². The van der Waals surface area contributed by atoms with Gasteiger partial charge in [-0.15, -0.1) is 0 Å². The minimum absolute atomic E-state index is 0.105. The third kappa shape index (κ3) is 7.70. The Morgan fingerprint density at radius 3 is 2.03 bits per heavy atom. The zero-order valence-electron chi connectivity index (χ0n) is 18.6. The van der Waals surface area contributed by atoms with Crippen molar-refractivity contribution in [1.82, 2.24) is 5.32 Å². The molecule has 0 aliphatic rings. The van der Waals surface area contributed by atoms with Crippen molar-refractivity contribution in [2.45, 2.75) is 25.5 Å². The van der Waals surface area contributed by atoms with Gasteiger partial charge in [0.1, 0.15) is 18.8 Å². The second-order valence-corrected chi connectivity index (χ2v) is 7.66. The number of rotatable bonds is 10. The number of hydrogen-bond donors (Lipinski definition) is 2. The van der Waals surface area contributed by atoms with Crippen molar-refractivity contribution < 1.29 is 19.4 Å². The first-order chi connectivity index (χ1) is 16.0. The van der Waals surface area contributed by atoms with Gasteiger partial charge in [0.25, 0.3) is 5.91 Å². The molecule has 0 saturated heterocycles. The molecule has 1 unspecified atom stereocenters. The summed E-state index contributed by atoms with van der Waals surface area (Å²) in [6, 6.07) is 26.8. The standard InChI is InChI=1S/C27H28N2O4/c1-20(22-13-7-3-8-14-22)28-18-24(30)19-33-27(32)25(17-21-11-5-2-6-12-21)29-26(31)23-15-9-4-10-16-23/h2-16,24-25,30H,17-19H2,1H3,(H,29,31)/t24?,25-/m0/s1. The quantitative estimate of drug-likeness (QED) is 0.370. The maximum Gasteiger partial charge on any atom is 0.329 e. The molecule has 0 bridgehead atoms. The topological polar surface area (TPSA) is 88.0 Å². The van der Waals surface area contributed by atoms with Crippen LogP contribution >= 0.6 is 0 Å². The molecule has 3 aromatic carbocycles. The maximum absolute atomic E-state index is 12.8. The number of amides is 1. The number of aliphatic hydroxyl groups excluding tert-OH is 1. The van der Waals surface area contributed by atoms with Crippen LogP contribution in [0, 0.1) is 0 Å². The molecule has 0 aromatic heterocycles. The number of hydrogen-bond acceptors (Lipinski definition) is 5. The zero-order valence-corrected chi connectivity index (χ0v) is 18.6. The summed E-state index contributed by atoms with van der Waals surface area (Å²) in [7, 11) is 0. The smallest absolute Gasteiger partial charge is 0.329 e. The molecule has 1 amide bonds. The predicted molar refractivity (Wildman–Crippen MR) is 128 cm³/mol. The highest BCUT2D eigenvalue weighted by atomic mass is 16.5. The van der Waals surface area contributed by atoms with Crippen LogP contribution in [-0.2, 0) is 16.0 Å². The van der Waals surface area contributed by atoms with Gasteiger partial charge in [0, 0.05) is 17.7 Å². The summed E-state index contributed by atoms with van der Waals surface area (Å²) >= 11 is 0. The lowest BCUT2D eigenvalue weighted by Gasteiger charge is -2.19. The molecular formula is C27H28N2O4. The van der Waals surface area contributed by atoms with E-state index in [2.05, 4.69) is 10.3 Å². The summed E-state index contributed by atoms with van der Waals surface area (Å²) in [4.78, 5) is 29.8. The number of nitrogens with zero attached hydrogens (tertiary/aromatic N) is 1. The van der Waals surface area contributed by atoms with Crippen molar-refractivity contribution >= 4 is 17.6 Å². The number of carbonyl (C=O) groups is 2. The van der Waals surface area contributed by atoms with Crippen LogP contribution in [0.25, 0.3) is 0 Å². The number of nitrogens with one attached hydrogen (secondary N) is 1. The second kappa shape index (κ2) is 12.3. The van der Waals surface area contributed by atoms with Crippen LogP contribution in [0.15, 0.2) is 96.0 Å². The summed E-state index contributed by atoms with van der Waals surface area (Å²) < 4.78 is 5.34. The molecule has 0 spiro atoms. The van der Waals surface area contributed by atoms with Crippen LogP contribution in [0.1, 0.15) is 28.4 Å². The Hall–Kier alpha value is -3.77. The van der Waals surface area contributed by atoms with Gasteiger partial charge < -0.3 is 15.2 Å². The van der Waals surface area contributed by atoms with E-state index in [0.29, 0.717) is 5.56 Å². The van der Waals surface area contributed by atoms with E-state index in [1.165, 1.54) is 0 Å². The Balaban J connectivity index is 1.59. The van der Waals surface area contributed by atoms with E-state index in [1.807, 2.05) is 73.7 Å². The van der Waals surface area contributed by atoms with Crippen LogP contribution < -0.4 is 5.32 Å². The molecule has 0 fully saturated rings. The summed E-state index contributed by atoms with van der Waals surface area (Å²) in [6.07, 6.45) is -0.672. The fourth-order valence-electron chi connectivity index (χ4n) is 3.22. The average Bonchev–Trinajstić information content (AvgIpc) is 2.87. The Bertz CT molecular complexity index is 1050. The normalized spacial score (nSPS) is 13.1. The van der Waals surface area contributed by atoms with Gasteiger partial charge in [-0.25, -0.2) is 4.79 Å². The second-order valence-electron chi connectivity index (χ2n) is 7.66. The summed E-state index contributed by atoms with van der Waals surface area (Å²) in [5.74, 6) is -0.969. The Morgan fingerprint density at radius 1 is 0.879 bits per heavy atom. The lowest BCUT2D eigenvalue weighted by molar-refractivity contribution is -0.148. The van der Waals surface area contributed by atoms with Crippen LogP contribution in [-0.4, -0.2) is 48.0 Å². The highest BCUT2D eigenvalue weighted by Crippen LogP contribution is 2.08. The average molecular weight is 445 g/mol. The van der Waals surface area contributed by atoms with Crippen LogP contribution in [0.3, 0.4) is 0 Å². The fourth-order valence-corrected chi connectivity index (χ4v) is 3.22. The molecule has 2 atom stereocenters. The van der Waals surface area contributed by atoms with E-state index < -0.39 is 18.1 Å². The van der Waals surface area contributed by atoms with Gasteiger partial charge in [-0.2, -0.15) is 0 Å². The summed E-state index contributed by atoms with van der Waals surface area (Å²) in [5.41, 5.74) is 3.09. The number of esters is 1. The highest BCUT2D eigenvalue weighted by Gasteiger charge is 2.24. The van der Waals surface area contributed by atoms with Gasteiger partial charge in [-0.05, 0) is 30.2 Å². The van der Waals surface area contributed by atoms with E-state index in [0.717, 1.165) is 16.8 Å². The van der Waals surface area contributed by atoms with Gasteiger partial charge in [-0.1, -0.05) is 78.9 Å². The Kier molecular flexibility index (Phi) is 8.91. The predicted octanol–water partition coefficient (Wildman–Crippen LogP) is 3.44. The highest BCUT2D eigenvalue weighted by molar-refractivity contribution is 5.98. The molecule has 0 radical (unpaired) electrons. The molecule has 0 aliphatic heterocycles. The molecule has 2 N–H and O–H groups in total. The molecule has 3 rings (SSSR count). The van der Waals surface area contributed by atoms with Crippen molar-refractivity contribution in [1.29, 1.82) is 0 Å². The van der Waals surface area contributed by atoms with E-state index in [1.54, 1.807) is 24.3 Å². The molecule has 6 nitrogen and oxygen atoms in total. The molecule has 33 heavy (non-hydrogen) atoms. The van der Waals surface area contributed by atoms with E-state index in [-0.39, 0.29) is 25.5 Å². The van der Waals surface area contributed by atoms with Crippen molar-refractivity contribution in [2.75, 3.05) is 13.2 Å². The van der Waals surface area contributed by atoms with Crippen molar-refractivity contribution in [3.63, 3.8) is 0 Å². The van der Waals surface area contributed by atoms with Gasteiger partial charge in [0.2, 0.25) is 0 Å². The minimum atomic E-state index is -0.949. The first-order valence-electron chi connectivity index (χ1n) is 10.8. The van der Waals surface area contributed by atoms with Crippen molar-refractivity contribution in [3.8, 4) is 0 Å². The Labute approximate surface area is 194 Å². The van der Waals surface area contributed by atoms with Crippen LogP contribution in [0.5, 0.6) is 0 Å². The zero-order chi connectivity index (χ0) is 23.5. The lowest BCUT2D eigenvalue weighted by atomic mass is 10.1. The third-order valence-corrected chi connectivity index (χ3v) is 5.06. The van der Waals surface area contributed by atoms with Gasteiger partial charge >= 0.3 is 5.97 Å². The number of aliphatic hydroxyl groups is 1. The summed E-state index contributed by atoms with van der Waals surface area (Å²) in [5, 5.41) is 13.0. The molecule has 0 saturated carbocycles. The van der Waals surface area contributed by atoms with Gasteiger partial charge in [0.05, 0.1) is 6.54 Å². The lowest BCUT2D eigenvalue weighted by Crippen LogP contribution is -2.44. The van der Waals surface area contributed by atoms with Crippen LogP contribution in [0.4, 0.5) is 0 Å². The van der Waals surface area contributed by atoms with E-state index in [9.17, 15) is 14.7 Å². The van der Waals surface area contributed by atoms with Gasteiger partial charge in [-0.3, -0.25) is 9.79 Å². The molecule has 6 heteroatoms. The number of carbonyl (C=O) groups excluding carboxylic acids is 2. The fraction of sp³-hybridized carbons (Fsp3) is 0.222. The van der Waals surface area contributed by atoms with Crippen molar-refractivity contribution in [3.05, 3.63) is 108 Å². The van der Waals surface area contributed by atoms with E-state index in [4.69, 9.17) is 4.74 Å². The molecule has 3 aromatic rings. The van der Waals surface area contributed by atoms with Gasteiger partial charge in [0.15, 0.2) is 0 Å². The largest absolute Gasteiger partial charge is 0.461 e. The van der Waals surface area contributed by atoms with E-state index >= 15 is 0 Å². The Morgan fingerprint density at radius 2 is 1.42 bits per heavy atom. The maximum atomic E-state index is 12.8. The number of aliphatic imine (C=N–C) groups is 1. The minimum Gasteiger partial charge on any atom is -0.461 e. The monoisotopic (exact) mass is 444 g/mol. The molecular weight excluding hydrogens is 416 g/mol. The SMILES string of the molecule is CC(=NCC(O)COC(=O)[C@H](Cc1ccccc1)NC(=O)c1ccccc1)c1ccccc1. The third-order valence-electron chi connectivity index (χ3n) is 5.06. The molecule has 0 aliphatic carbocycles. The molecule has 0 heterocycles. The number of benzene rings is 3. The first-order valence-corrected chi connectivity index (χ1v) is 10.8.